The Bertz CT molecular complexity index is 1540. The van der Waals surface area contributed by atoms with E-state index in [2.05, 4.69) is 22.2 Å². The first-order valence-electron chi connectivity index (χ1n) is 13.7. The number of imidazole rings is 1. The molecule has 10 heteroatoms. The third kappa shape index (κ3) is 4.89. The summed E-state index contributed by atoms with van der Waals surface area (Å²) in [4.78, 5) is 42.6. The Morgan fingerprint density at radius 2 is 2.00 bits per heavy atom. The summed E-state index contributed by atoms with van der Waals surface area (Å²) in [7, 11) is 0. The molecule has 4 aromatic rings. The number of anilines is 2. The highest BCUT2D eigenvalue weighted by molar-refractivity contribution is 7.15. The minimum Gasteiger partial charge on any atom is -0.382 e. The largest absolute Gasteiger partial charge is 0.382 e. The third-order valence-corrected chi connectivity index (χ3v) is 8.91. The topological polar surface area (TPSA) is 119 Å². The van der Waals surface area contributed by atoms with Crippen molar-refractivity contribution in [1.82, 2.24) is 24.3 Å². The lowest BCUT2D eigenvalue weighted by Gasteiger charge is -2.32. The molecule has 202 valence electrons. The average Bonchev–Trinajstić information content (AvgIpc) is 3.54. The van der Waals surface area contributed by atoms with Gasteiger partial charge in [0.05, 0.1) is 5.69 Å². The number of thiazole rings is 1. The second-order valence-corrected chi connectivity index (χ2v) is 11.7. The summed E-state index contributed by atoms with van der Waals surface area (Å²) in [6, 6.07) is 7.41. The number of nitrogens with zero attached hydrogens (tertiary/aromatic N) is 5. The van der Waals surface area contributed by atoms with E-state index < -0.39 is 0 Å². The number of likely N-dealkylation sites (tertiary alicyclic amines) is 1. The Morgan fingerprint density at radius 3 is 2.79 bits per heavy atom. The number of carbonyl (C=O) groups is 2. The summed E-state index contributed by atoms with van der Waals surface area (Å²) in [5, 5.41) is 3.64. The third-order valence-electron chi connectivity index (χ3n) is 7.88. The van der Waals surface area contributed by atoms with Crippen molar-refractivity contribution in [2.24, 2.45) is 5.92 Å². The molecule has 3 aromatic heterocycles. The number of piperidine rings is 1. The fourth-order valence-corrected chi connectivity index (χ4v) is 6.92. The average molecular weight is 544 g/mol. The number of aromatic nitrogens is 4. The molecule has 1 saturated heterocycles. The van der Waals surface area contributed by atoms with Crippen LogP contribution < -0.4 is 11.1 Å². The number of nitrogens with two attached hydrogens (primary N) is 1. The van der Waals surface area contributed by atoms with Gasteiger partial charge in [0.15, 0.2) is 5.13 Å². The lowest BCUT2D eigenvalue weighted by molar-refractivity contribution is -0.132. The number of benzene rings is 1. The van der Waals surface area contributed by atoms with Crippen LogP contribution in [0, 0.1) is 5.92 Å². The molecule has 0 radical (unpaired) electrons. The van der Waals surface area contributed by atoms with E-state index in [1.54, 1.807) is 29.7 Å². The van der Waals surface area contributed by atoms with E-state index >= 15 is 0 Å². The Labute approximate surface area is 231 Å². The molecule has 2 aliphatic rings. The molecule has 39 heavy (non-hydrogen) atoms. The van der Waals surface area contributed by atoms with E-state index in [1.807, 2.05) is 34.6 Å². The molecule has 6 rings (SSSR count). The number of hydrogen-bond donors (Lipinski definition) is 2. The van der Waals surface area contributed by atoms with Crippen molar-refractivity contribution in [3.8, 4) is 11.3 Å². The zero-order chi connectivity index (χ0) is 27.1. The fraction of sp³-hybridized carbons (Fsp3) is 0.414. The maximum atomic E-state index is 13.0. The van der Waals surface area contributed by atoms with Gasteiger partial charge in [-0.3, -0.25) is 19.3 Å². The van der Waals surface area contributed by atoms with Crippen molar-refractivity contribution in [2.45, 2.75) is 58.3 Å². The van der Waals surface area contributed by atoms with Crippen molar-refractivity contribution < 1.29 is 9.59 Å². The van der Waals surface area contributed by atoms with E-state index in [1.165, 1.54) is 4.88 Å². The molecule has 1 fully saturated rings. The standard InChI is InChI=1S/C29H33N7O2S/c1-3-23(37)35-13-4-5-20(16-35)27-33-24(25-26(30)31-12-14-36(25)27)18-7-9-19(10-8-18)28(38)34-29-32-21-11-6-17(2)15-22(21)39-29/h7-10,12,14,17,20H,3-6,11,13,15-16H2,1-2H3,(H2,30,31)(H,32,34,38)/t17-,20?/m1/s1. The van der Waals surface area contributed by atoms with Crippen molar-refractivity contribution in [3.05, 3.63) is 58.6 Å². The van der Waals surface area contributed by atoms with Gasteiger partial charge in [0.25, 0.3) is 5.91 Å². The molecule has 3 N–H and O–H groups in total. The van der Waals surface area contributed by atoms with E-state index in [4.69, 9.17) is 10.7 Å². The zero-order valence-electron chi connectivity index (χ0n) is 22.3. The maximum absolute atomic E-state index is 13.0. The number of fused-ring (bicyclic) bond motifs is 2. The molecule has 1 aliphatic carbocycles. The SMILES string of the molecule is CCC(=O)N1CCCC(c2nc(-c3ccc(C(=O)Nc4nc5c(s4)C[C@H](C)CC5)cc3)c3c(N)nccn23)C1. The lowest BCUT2D eigenvalue weighted by Crippen LogP contribution is -2.39. The monoisotopic (exact) mass is 543 g/mol. The molecule has 0 spiro atoms. The molecular weight excluding hydrogens is 510 g/mol. The van der Waals surface area contributed by atoms with Crippen LogP contribution in [0.5, 0.6) is 0 Å². The highest BCUT2D eigenvalue weighted by atomic mass is 32.1. The van der Waals surface area contributed by atoms with E-state index in [-0.39, 0.29) is 17.7 Å². The van der Waals surface area contributed by atoms with Gasteiger partial charge in [-0.25, -0.2) is 15.0 Å². The van der Waals surface area contributed by atoms with Crippen LogP contribution in [0.4, 0.5) is 10.9 Å². The van der Waals surface area contributed by atoms with Crippen LogP contribution in [-0.4, -0.2) is 49.2 Å². The smallest absolute Gasteiger partial charge is 0.257 e. The van der Waals surface area contributed by atoms with Gasteiger partial charge in [0.2, 0.25) is 5.91 Å². The van der Waals surface area contributed by atoms with E-state index in [0.717, 1.165) is 66.9 Å². The molecule has 1 unspecified atom stereocenters. The molecular formula is C29H33N7O2S. The van der Waals surface area contributed by atoms with Crippen molar-refractivity contribution in [3.63, 3.8) is 0 Å². The second kappa shape index (κ2) is 10.4. The Morgan fingerprint density at radius 1 is 1.18 bits per heavy atom. The quantitative estimate of drug-likeness (QED) is 0.369. The maximum Gasteiger partial charge on any atom is 0.257 e. The second-order valence-electron chi connectivity index (χ2n) is 10.7. The molecule has 9 nitrogen and oxygen atoms in total. The van der Waals surface area contributed by atoms with Gasteiger partial charge < -0.3 is 10.6 Å². The lowest BCUT2D eigenvalue weighted by atomic mass is 9.93. The van der Waals surface area contributed by atoms with Crippen LogP contribution in [-0.2, 0) is 17.6 Å². The summed E-state index contributed by atoms with van der Waals surface area (Å²) in [6.07, 6.45) is 9.10. The van der Waals surface area contributed by atoms with Gasteiger partial charge in [0.1, 0.15) is 22.9 Å². The normalized spacial score (nSPS) is 19.2. The van der Waals surface area contributed by atoms with Gasteiger partial charge in [-0.2, -0.15) is 0 Å². The number of carbonyl (C=O) groups excluding carboxylic acids is 2. The summed E-state index contributed by atoms with van der Waals surface area (Å²) in [5.41, 5.74) is 10.3. The predicted molar refractivity (Wildman–Crippen MR) is 153 cm³/mol. The highest BCUT2D eigenvalue weighted by Gasteiger charge is 2.29. The molecule has 2 atom stereocenters. The number of nitrogens with one attached hydrogen (secondary N) is 1. The first-order chi connectivity index (χ1) is 18.9. The first-order valence-corrected chi connectivity index (χ1v) is 14.5. The zero-order valence-corrected chi connectivity index (χ0v) is 23.1. The summed E-state index contributed by atoms with van der Waals surface area (Å²) in [6.45, 7) is 5.59. The predicted octanol–water partition coefficient (Wildman–Crippen LogP) is 4.93. The number of aryl methyl sites for hydroxylation is 1. The van der Waals surface area contributed by atoms with Gasteiger partial charge >= 0.3 is 0 Å². The Hall–Kier alpha value is -3.79. The van der Waals surface area contributed by atoms with E-state index in [9.17, 15) is 9.59 Å². The number of nitrogen functional groups attached to an aromatic ring is 1. The summed E-state index contributed by atoms with van der Waals surface area (Å²) >= 11 is 1.58. The van der Waals surface area contributed by atoms with Gasteiger partial charge in [-0.15, -0.1) is 11.3 Å². The Kier molecular flexibility index (Phi) is 6.80. The van der Waals surface area contributed by atoms with Crippen LogP contribution >= 0.6 is 11.3 Å². The van der Waals surface area contributed by atoms with Crippen LogP contribution in [0.25, 0.3) is 16.8 Å². The molecule has 2 amide bonds. The van der Waals surface area contributed by atoms with Crippen molar-refractivity contribution >= 4 is 39.6 Å². The van der Waals surface area contributed by atoms with E-state index in [0.29, 0.717) is 35.4 Å². The Balaban J connectivity index is 1.26. The summed E-state index contributed by atoms with van der Waals surface area (Å²) < 4.78 is 2.01. The molecule has 1 aromatic carbocycles. The fourth-order valence-electron chi connectivity index (χ4n) is 5.76. The molecule has 0 bridgehead atoms. The van der Waals surface area contributed by atoms with Crippen LogP contribution in [0.2, 0.25) is 0 Å². The number of amides is 2. The minimum absolute atomic E-state index is 0.106. The number of hydrogen-bond acceptors (Lipinski definition) is 7. The van der Waals surface area contributed by atoms with Gasteiger partial charge in [-0.1, -0.05) is 26.0 Å². The minimum atomic E-state index is -0.180. The molecule has 1 aliphatic heterocycles. The van der Waals surface area contributed by atoms with Crippen LogP contribution in [0.3, 0.4) is 0 Å². The first kappa shape index (κ1) is 25.5. The summed E-state index contributed by atoms with van der Waals surface area (Å²) in [5.74, 6) is 2.03. The number of rotatable bonds is 5. The van der Waals surface area contributed by atoms with Crippen molar-refractivity contribution in [1.29, 1.82) is 0 Å². The molecule has 4 heterocycles. The van der Waals surface area contributed by atoms with Crippen LogP contribution in [0.15, 0.2) is 36.7 Å². The highest BCUT2D eigenvalue weighted by Crippen LogP contribution is 2.35. The van der Waals surface area contributed by atoms with Crippen molar-refractivity contribution in [2.75, 3.05) is 24.1 Å². The molecule has 0 saturated carbocycles. The van der Waals surface area contributed by atoms with Gasteiger partial charge in [-0.05, 0) is 50.2 Å². The van der Waals surface area contributed by atoms with Crippen LogP contribution in [0.1, 0.15) is 72.2 Å². The van der Waals surface area contributed by atoms with Gasteiger partial charge in [0, 0.05) is 53.8 Å².